The van der Waals surface area contributed by atoms with Crippen molar-refractivity contribution in [3.05, 3.63) is 70.8 Å². The number of nitrogens with one attached hydrogen (secondary N) is 1. The van der Waals surface area contributed by atoms with E-state index in [4.69, 9.17) is 22.1 Å². The molecule has 0 amide bonds. The standard InChI is InChI=1S/C19H17ClFN5O2/c20-14-7-4-8-15(21)13(14)11-28-17(27)10-9-16-24-18(22)26-19(25-16)23-12-5-2-1-3-6-12/h1-8H,9-11H2,(H3,22,23,24,25,26). The van der Waals surface area contributed by atoms with Gasteiger partial charge in [-0.25, -0.2) is 4.39 Å². The number of benzene rings is 2. The molecule has 1 aromatic heterocycles. The lowest BCUT2D eigenvalue weighted by Crippen LogP contribution is -2.11. The van der Waals surface area contributed by atoms with Crippen LogP contribution in [0, 0.1) is 5.82 Å². The number of hydrogen-bond donors (Lipinski definition) is 2. The number of ether oxygens (including phenoxy) is 1. The second kappa shape index (κ2) is 9.09. The number of nitrogens with zero attached hydrogens (tertiary/aromatic N) is 3. The third kappa shape index (κ3) is 5.37. The first-order valence-electron chi connectivity index (χ1n) is 8.42. The molecule has 0 bridgehead atoms. The number of hydrogen-bond acceptors (Lipinski definition) is 7. The first-order chi connectivity index (χ1) is 13.5. The Morgan fingerprint density at radius 3 is 2.64 bits per heavy atom. The van der Waals surface area contributed by atoms with E-state index in [9.17, 15) is 9.18 Å². The SMILES string of the molecule is Nc1nc(CCC(=O)OCc2c(F)cccc2Cl)nc(Nc2ccccc2)n1. The van der Waals surface area contributed by atoms with E-state index in [1.54, 1.807) is 0 Å². The van der Waals surface area contributed by atoms with Crippen LogP contribution in [0.25, 0.3) is 0 Å². The Kier molecular flexibility index (Phi) is 6.33. The van der Waals surface area contributed by atoms with Crippen LogP contribution in [0.15, 0.2) is 48.5 Å². The van der Waals surface area contributed by atoms with Gasteiger partial charge in [-0.15, -0.1) is 0 Å². The van der Waals surface area contributed by atoms with E-state index in [-0.39, 0.29) is 41.9 Å². The molecular weight excluding hydrogens is 385 g/mol. The van der Waals surface area contributed by atoms with Gasteiger partial charge in [0.05, 0.1) is 11.4 Å². The molecule has 0 fully saturated rings. The Bertz CT molecular complexity index is 952. The normalized spacial score (nSPS) is 10.5. The number of aromatic nitrogens is 3. The van der Waals surface area contributed by atoms with Crippen molar-refractivity contribution in [1.29, 1.82) is 0 Å². The zero-order valence-electron chi connectivity index (χ0n) is 14.7. The lowest BCUT2D eigenvalue weighted by molar-refractivity contribution is -0.145. The maximum atomic E-state index is 13.7. The second-order valence-corrected chi connectivity index (χ2v) is 6.19. The topological polar surface area (TPSA) is 103 Å². The third-order valence-corrected chi connectivity index (χ3v) is 4.07. The number of carbonyl (C=O) groups is 1. The number of nitrogens with two attached hydrogens (primary N) is 1. The van der Waals surface area contributed by atoms with Gasteiger partial charge in [-0.3, -0.25) is 4.79 Å². The molecule has 7 nitrogen and oxygen atoms in total. The molecule has 144 valence electrons. The summed E-state index contributed by atoms with van der Waals surface area (Å²) in [5.74, 6) is -0.403. The van der Waals surface area contributed by atoms with Gasteiger partial charge in [0.1, 0.15) is 18.2 Å². The summed E-state index contributed by atoms with van der Waals surface area (Å²) in [6.45, 7) is -0.246. The van der Waals surface area contributed by atoms with Gasteiger partial charge in [0.15, 0.2) is 0 Å². The van der Waals surface area contributed by atoms with Crippen LogP contribution in [-0.4, -0.2) is 20.9 Å². The minimum atomic E-state index is -0.532. The van der Waals surface area contributed by atoms with Crippen LogP contribution in [0.5, 0.6) is 0 Å². The largest absolute Gasteiger partial charge is 0.461 e. The van der Waals surface area contributed by atoms with Gasteiger partial charge in [-0.05, 0) is 24.3 Å². The van der Waals surface area contributed by atoms with Crippen molar-refractivity contribution in [2.24, 2.45) is 0 Å². The quantitative estimate of drug-likeness (QED) is 0.582. The molecule has 9 heteroatoms. The van der Waals surface area contributed by atoms with E-state index in [1.807, 2.05) is 30.3 Å². The van der Waals surface area contributed by atoms with Crippen molar-refractivity contribution >= 4 is 35.2 Å². The molecule has 0 aliphatic carbocycles. The number of aryl methyl sites for hydroxylation is 1. The fraction of sp³-hybridized carbons (Fsp3) is 0.158. The van der Waals surface area contributed by atoms with Crippen LogP contribution >= 0.6 is 11.6 Å². The molecule has 0 aliphatic heterocycles. The van der Waals surface area contributed by atoms with Gasteiger partial charge in [0, 0.05) is 17.7 Å². The van der Waals surface area contributed by atoms with E-state index >= 15 is 0 Å². The number of anilines is 3. The summed E-state index contributed by atoms with van der Waals surface area (Å²) in [5.41, 5.74) is 6.64. The average molecular weight is 402 g/mol. The van der Waals surface area contributed by atoms with E-state index in [1.165, 1.54) is 18.2 Å². The van der Waals surface area contributed by atoms with Gasteiger partial charge in [0.2, 0.25) is 11.9 Å². The molecule has 0 saturated carbocycles. The van der Waals surface area contributed by atoms with E-state index in [2.05, 4.69) is 20.3 Å². The molecule has 28 heavy (non-hydrogen) atoms. The zero-order valence-corrected chi connectivity index (χ0v) is 15.5. The van der Waals surface area contributed by atoms with Crippen LogP contribution in [0.3, 0.4) is 0 Å². The Labute approximate surface area is 165 Å². The Hall–Kier alpha value is -3.26. The maximum absolute atomic E-state index is 13.7. The predicted octanol–water partition coefficient (Wildman–Crippen LogP) is 3.67. The van der Waals surface area contributed by atoms with Crippen molar-refractivity contribution in [1.82, 2.24) is 15.0 Å². The number of para-hydroxylation sites is 1. The molecule has 3 rings (SSSR count). The minimum Gasteiger partial charge on any atom is -0.461 e. The molecule has 0 atom stereocenters. The number of halogens is 2. The highest BCUT2D eigenvalue weighted by Gasteiger charge is 2.12. The van der Waals surface area contributed by atoms with Crippen LogP contribution in [0.1, 0.15) is 17.8 Å². The predicted molar refractivity (Wildman–Crippen MR) is 103 cm³/mol. The van der Waals surface area contributed by atoms with Gasteiger partial charge >= 0.3 is 5.97 Å². The smallest absolute Gasteiger partial charge is 0.306 e. The first-order valence-corrected chi connectivity index (χ1v) is 8.80. The van der Waals surface area contributed by atoms with Crippen molar-refractivity contribution in [3.63, 3.8) is 0 Å². The molecule has 0 aliphatic rings. The summed E-state index contributed by atoms with van der Waals surface area (Å²) in [5, 5.41) is 3.22. The molecule has 2 aromatic carbocycles. The Morgan fingerprint density at radius 1 is 1.11 bits per heavy atom. The maximum Gasteiger partial charge on any atom is 0.306 e. The fourth-order valence-electron chi connectivity index (χ4n) is 2.37. The minimum absolute atomic E-state index is 0.000300. The molecule has 1 heterocycles. The van der Waals surface area contributed by atoms with E-state index in [0.717, 1.165) is 5.69 Å². The van der Waals surface area contributed by atoms with Gasteiger partial charge in [0.25, 0.3) is 0 Å². The van der Waals surface area contributed by atoms with E-state index in [0.29, 0.717) is 5.82 Å². The molecule has 0 radical (unpaired) electrons. The molecule has 0 unspecified atom stereocenters. The van der Waals surface area contributed by atoms with Crippen molar-refractivity contribution in [2.45, 2.75) is 19.4 Å². The molecule has 0 saturated heterocycles. The highest BCUT2D eigenvalue weighted by atomic mass is 35.5. The van der Waals surface area contributed by atoms with Crippen LogP contribution in [0.4, 0.5) is 22.0 Å². The molecule has 3 aromatic rings. The van der Waals surface area contributed by atoms with Crippen molar-refractivity contribution < 1.29 is 13.9 Å². The molecule has 0 spiro atoms. The first kappa shape index (κ1) is 19.5. The van der Waals surface area contributed by atoms with Crippen LogP contribution in [-0.2, 0) is 22.6 Å². The summed E-state index contributed by atoms with van der Waals surface area (Å²) in [6, 6.07) is 13.6. The monoisotopic (exact) mass is 401 g/mol. The Morgan fingerprint density at radius 2 is 1.89 bits per heavy atom. The number of esters is 1. The van der Waals surface area contributed by atoms with Crippen LogP contribution < -0.4 is 11.1 Å². The third-order valence-electron chi connectivity index (χ3n) is 3.72. The highest BCUT2D eigenvalue weighted by Crippen LogP contribution is 2.20. The van der Waals surface area contributed by atoms with Gasteiger partial charge in [-0.1, -0.05) is 35.9 Å². The molecule has 3 N–H and O–H groups in total. The summed E-state index contributed by atoms with van der Waals surface area (Å²) < 4.78 is 18.8. The number of carbonyl (C=O) groups excluding carboxylic acids is 1. The van der Waals surface area contributed by atoms with Gasteiger partial charge < -0.3 is 15.8 Å². The van der Waals surface area contributed by atoms with Gasteiger partial charge in [-0.2, -0.15) is 15.0 Å². The molecular formula is C19H17ClFN5O2. The highest BCUT2D eigenvalue weighted by molar-refractivity contribution is 6.31. The van der Waals surface area contributed by atoms with Crippen LogP contribution in [0.2, 0.25) is 5.02 Å². The fourth-order valence-corrected chi connectivity index (χ4v) is 2.58. The summed E-state index contributed by atoms with van der Waals surface area (Å²) in [7, 11) is 0. The average Bonchev–Trinajstić information content (AvgIpc) is 2.66. The summed E-state index contributed by atoms with van der Waals surface area (Å²) in [6.07, 6.45) is 0.195. The number of nitrogen functional groups attached to an aromatic ring is 1. The zero-order chi connectivity index (χ0) is 19.9. The lowest BCUT2D eigenvalue weighted by Gasteiger charge is -2.08. The lowest BCUT2D eigenvalue weighted by atomic mass is 10.2. The van der Waals surface area contributed by atoms with Crippen molar-refractivity contribution in [2.75, 3.05) is 11.1 Å². The number of rotatable bonds is 7. The summed E-state index contributed by atoms with van der Waals surface area (Å²) >= 11 is 5.91. The van der Waals surface area contributed by atoms with E-state index < -0.39 is 11.8 Å². The Balaban J connectivity index is 1.57. The second-order valence-electron chi connectivity index (χ2n) is 5.79. The summed E-state index contributed by atoms with van der Waals surface area (Å²) in [4.78, 5) is 24.3. The van der Waals surface area contributed by atoms with Crippen molar-refractivity contribution in [3.8, 4) is 0 Å².